The molecule has 1 fully saturated rings. The molecule has 0 saturated carbocycles. The quantitative estimate of drug-likeness (QED) is 0.853. The fraction of sp³-hybridized carbons (Fsp3) is 0.462. The monoisotopic (exact) mass is 248 g/mol. The Bertz CT molecular complexity index is 551. The molecule has 3 rings (SSSR count). The van der Waals surface area contributed by atoms with Crippen molar-refractivity contribution in [3.05, 3.63) is 24.0 Å². The maximum Gasteiger partial charge on any atom is 0.204 e. The Morgan fingerprint density at radius 2 is 2.39 bits per heavy atom. The van der Waals surface area contributed by atoms with Gasteiger partial charge in [0.2, 0.25) is 5.95 Å². The van der Waals surface area contributed by atoms with Gasteiger partial charge in [0, 0.05) is 25.7 Å². The summed E-state index contributed by atoms with van der Waals surface area (Å²) in [4.78, 5) is 10.0. The molecule has 96 valence electrons. The average Bonchev–Trinajstić information content (AvgIpc) is 2.81. The fourth-order valence-corrected chi connectivity index (χ4v) is 2.51. The van der Waals surface area contributed by atoms with Gasteiger partial charge in [0.25, 0.3) is 0 Å². The first-order valence-corrected chi connectivity index (χ1v) is 6.40. The fourth-order valence-electron chi connectivity index (χ4n) is 2.51. The van der Waals surface area contributed by atoms with E-state index in [0.29, 0.717) is 6.04 Å². The van der Waals surface area contributed by atoms with E-state index >= 15 is 0 Å². The van der Waals surface area contributed by atoms with Crippen LogP contribution in [0.25, 0.3) is 11.0 Å². The molecule has 5 heteroatoms. The van der Waals surface area contributed by atoms with Crippen LogP contribution in [0.2, 0.25) is 0 Å². The summed E-state index contributed by atoms with van der Waals surface area (Å²) in [5.74, 6) is 0.619. The van der Waals surface area contributed by atoms with Gasteiger partial charge in [-0.3, -0.25) is 0 Å². The van der Waals surface area contributed by atoms with E-state index in [1.165, 1.54) is 12.1 Å². The summed E-state index contributed by atoms with van der Waals surface area (Å²) in [5, 5.41) is 3.39. The van der Waals surface area contributed by atoms with E-state index in [-0.39, 0.29) is 5.82 Å². The van der Waals surface area contributed by atoms with Crippen molar-refractivity contribution < 1.29 is 4.39 Å². The Hall–Kier alpha value is -1.62. The molecule has 2 N–H and O–H groups in total. The number of imidazole rings is 1. The molecule has 1 aromatic heterocycles. The van der Waals surface area contributed by atoms with Crippen LogP contribution in [0.15, 0.2) is 18.2 Å². The Kier molecular flexibility index (Phi) is 2.91. The normalized spacial score (nSPS) is 20.6. The van der Waals surface area contributed by atoms with Crippen molar-refractivity contribution in [2.45, 2.75) is 19.4 Å². The molecule has 1 aromatic carbocycles. The van der Waals surface area contributed by atoms with Crippen LogP contribution in [0.1, 0.15) is 13.3 Å². The number of hydrogen-bond donors (Lipinski definition) is 2. The summed E-state index contributed by atoms with van der Waals surface area (Å²) >= 11 is 0. The highest BCUT2D eigenvalue weighted by Crippen LogP contribution is 2.21. The van der Waals surface area contributed by atoms with Crippen molar-refractivity contribution in [3.8, 4) is 0 Å². The largest absolute Gasteiger partial charge is 0.337 e. The van der Waals surface area contributed by atoms with Crippen LogP contribution >= 0.6 is 0 Å². The van der Waals surface area contributed by atoms with Gasteiger partial charge < -0.3 is 15.2 Å². The number of aromatic nitrogens is 2. The number of nitrogens with zero attached hydrogens (tertiary/aromatic N) is 2. The highest BCUT2D eigenvalue weighted by Gasteiger charge is 2.23. The summed E-state index contributed by atoms with van der Waals surface area (Å²) in [7, 11) is 0. The smallest absolute Gasteiger partial charge is 0.204 e. The standard InChI is InChI=1S/C13H17FN4/c1-2-10-8-15-5-6-18(10)13-16-11-4-3-9(14)7-12(11)17-13/h3-4,7,10,15H,2,5-6,8H2,1H3,(H,16,17). The van der Waals surface area contributed by atoms with Gasteiger partial charge in [0.05, 0.1) is 11.0 Å². The van der Waals surface area contributed by atoms with Gasteiger partial charge in [-0.1, -0.05) is 6.92 Å². The van der Waals surface area contributed by atoms with Crippen molar-refractivity contribution in [2.24, 2.45) is 0 Å². The molecule has 1 unspecified atom stereocenters. The number of aromatic amines is 1. The van der Waals surface area contributed by atoms with E-state index in [0.717, 1.165) is 43.0 Å². The second kappa shape index (κ2) is 4.57. The topological polar surface area (TPSA) is 44.0 Å². The number of benzene rings is 1. The molecular weight excluding hydrogens is 231 g/mol. The number of hydrogen-bond acceptors (Lipinski definition) is 3. The Morgan fingerprint density at radius 3 is 3.22 bits per heavy atom. The molecular formula is C13H17FN4. The number of piperazine rings is 1. The second-order valence-corrected chi connectivity index (χ2v) is 4.68. The van der Waals surface area contributed by atoms with Crippen molar-refractivity contribution >= 4 is 17.0 Å². The lowest BCUT2D eigenvalue weighted by atomic mass is 10.1. The van der Waals surface area contributed by atoms with Crippen LogP contribution in [0.4, 0.5) is 10.3 Å². The number of nitrogens with one attached hydrogen (secondary N) is 2. The van der Waals surface area contributed by atoms with E-state index in [4.69, 9.17) is 0 Å². The van der Waals surface area contributed by atoms with Crippen LogP contribution in [0.5, 0.6) is 0 Å². The summed E-state index contributed by atoms with van der Waals surface area (Å²) < 4.78 is 13.2. The predicted octanol–water partition coefficient (Wildman–Crippen LogP) is 1.89. The lowest BCUT2D eigenvalue weighted by Crippen LogP contribution is -2.51. The maximum atomic E-state index is 13.2. The highest BCUT2D eigenvalue weighted by atomic mass is 19.1. The van der Waals surface area contributed by atoms with E-state index in [2.05, 4.69) is 27.1 Å². The van der Waals surface area contributed by atoms with E-state index in [1.807, 2.05) is 0 Å². The summed E-state index contributed by atoms with van der Waals surface area (Å²) in [5.41, 5.74) is 1.58. The summed E-state index contributed by atoms with van der Waals surface area (Å²) in [6, 6.07) is 5.11. The molecule has 1 aliphatic rings. The first kappa shape index (κ1) is 11.5. The van der Waals surface area contributed by atoms with Gasteiger partial charge in [-0.05, 0) is 24.6 Å². The van der Waals surface area contributed by atoms with Gasteiger partial charge in [-0.2, -0.15) is 0 Å². The van der Waals surface area contributed by atoms with Crippen LogP contribution in [0, 0.1) is 5.82 Å². The molecule has 0 aliphatic carbocycles. The molecule has 1 atom stereocenters. The van der Waals surface area contributed by atoms with Gasteiger partial charge in [-0.15, -0.1) is 0 Å². The molecule has 0 amide bonds. The summed E-state index contributed by atoms with van der Waals surface area (Å²) in [6.07, 6.45) is 1.07. The van der Waals surface area contributed by atoms with Crippen LogP contribution in [-0.2, 0) is 0 Å². The van der Waals surface area contributed by atoms with Gasteiger partial charge in [-0.25, -0.2) is 9.37 Å². The number of anilines is 1. The third-order valence-corrected chi connectivity index (χ3v) is 3.52. The van der Waals surface area contributed by atoms with Crippen molar-refractivity contribution in [3.63, 3.8) is 0 Å². The van der Waals surface area contributed by atoms with E-state index < -0.39 is 0 Å². The van der Waals surface area contributed by atoms with Crippen molar-refractivity contribution in [2.75, 3.05) is 24.5 Å². The first-order chi connectivity index (χ1) is 8.78. The number of rotatable bonds is 2. The van der Waals surface area contributed by atoms with Crippen molar-refractivity contribution in [1.82, 2.24) is 15.3 Å². The Labute approximate surface area is 105 Å². The molecule has 18 heavy (non-hydrogen) atoms. The molecule has 2 aromatic rings. The predicted molar refractivity (Wildman–Crippen MR) is 70.3 cm³/mol. The molecule has 0 bridgehead atoms. The molecule has 1 saturated heterocycles. The van der Waals surface area contributed by atoms with Crippen LogP contribution < -0.4 is 10.2 Å². The molecule has 0 radical (unpaired) electrons. The average molecular weight is 248 g/mol. The van der Waals surface area contributed by atoms with Crippen LogP contribution in [0.3, 0.4) is 0 Å². The Morgan fingerprint density at radius 1 is 1.50 bits per heavy atom. The van der Waals surface area contributed by atoms with Gasteiger partial charge in [0.15, 0.2) is 0 Å². The lowest BCUT2D eigenvalue weighted by molar-refractivity contribution is 0.461. The number of halogens is 1. The highest BCUT2D eigenvalue weighted by molar-refractivity contribution is 5.77. The molecule has 2 heterocycles. The summed E-state index contributed by atoms with van der Waals surface area (Å²) in [6.45, 7) is 5.04. The SMILES string of the molecule is CCC1CNCCN1c1nc2ccc(F)cc2[nH]1. The molecule has 1 aliphatic heterocycles. The zero-order valence-corrected chi connectivity index (χ0v) is 10.4. The van der Waals surface area contributed by atoms with E-state index in [1.54, 1.807) is 6.07 Å². The minimum atomic E-state index is -0.231. The molecule has 0 spiro atoms. The zero-order chi connectivity index (χ0) is 12.5. The maximum absolute atomic E-state index is 13.2. The number of H-pyrrole nitrogens is 1. The minimum absolute atomic E-state index is 0.231. The lowest BCUT2D eigenvalue weighted by Gasteiger charge is -2.35. The third kappa shape index (κ3) is 1.95. The Balaban J connectivity index is 1.97. The number of fused-ring (bicyclic) bond motifs is 1. The first-order valence-electron chi connectivity index (χ1n) is 6.40. The van der Waals surface area contributed by atoms with Gasteiger partial charge >= 0.3 is 0 Å². The van der Waals surface area contributed by atoms with Crippen LogP contribution in [-0.4, -0.2) is 35.6 Å². The minimum Gasteiger partial charge on any atom is -0.337 e. The third-order valence-electron chi connectivity index (χ3n) is 3.52. The zero-order valence-electron chi connectivity index (χ0n) is 10.4. The molecule has 4 nitrogen and oxygen atoms in total. The van der Waals surface area contributed by atoms with E-state index in [9.17, 15) is 4.39 Å². The van der Waals surface area contributed by atoms with Crippen molar-refractivity contribution in [1.29, 1.82) is 0 Å². The second-order valence-electron chi connectivity index (χ2n) is 4.68. The van der Waals surface area contributed by atoms with Gasteiger partial charge in [0.1, 0.15) is 5.82 Å².